The van der Waals surface area contributed by atoms with E-state index >= 15 is 0 Å². The summed E-state index contributed by atoms with van der Waals surface area (Å²) in [6.07, 6.45) is -2.61. The van der Waals surface area contributed by atoms with Crippen molar-refractivity contribution in [3.05, 3.63) is 29.8 Å². The van der Waals surface area contributed by atoms with E-state index < -0.39 is 36.1 Å². The molecule has 1 saturated carbocycles. The quantitative estimate of drug-likeness (QED) is 0.511. The van der Waals surface area contributed by atoms with Crippen molar-refractivity contribution in [2.24, 2.45) is 5.92 Å². The second-order valence-corrected chi connectivity index (χ2v) is 9.17. The van der Waals surface area contributed by atoms with E-state index in [2.05, 4.69) is 10.2 Å². The van der Waals surface area contributed by atoms with Gasteiger partial charge in [-0.1, -0.05) is 18.9 Å². The number of amides is 1. The summed E-state index contributed by atoms with van der Waals surface area (Å²) in [5.41, 5.74) is -0.160. The third-order valence-electron chi connectivity index (χ3n) is 7.12. The van der Waals surface area contributed by atoms with Crippen molar-refractivity contribution in [3.63, 3.8) is 0 Å². The lowest BCUT2D eigenvalue weighted by Gasteiger charge is -2.41. The number of carbonyl (C=O) groups is 1. The van der Waals surface area contributed by atoms with Crippen molar-refractivity contribution in [2.45, 2.75) is 56.2 Å². The van der Waals surface area contributed by atoms with Crippen molar-refractivity contribution in [1.82, 2.24) is 10.2 Å². The Morgan fingerprint density at radius 2 is 1.74 bits per heavy atom. The molecule has 3 fully saturated rings. The Bertz CT molecular complexity index is 821. The molecule has 0 spiro atoms. The van der Waals surface area contributed by atoms with Crippen LogP contribution in [0, 0.1) is 5.92 Å². The molecule has 0 aromatic heterocycles. The molecule has 1 aromatic rings. The maximum absolute atomic E-state index is 13.1. The highest BCUT2D eigenvalue weighted by atomic mass is 35.5. The number of hydrogen-bond donors (Lipinski definition) is 3. The van der Waals surface area contributed by atoms with Crippen LogP contribution in [-0.4, -0.2) is 84.7 Å². The van der Waals surface area contributed by atoms with E-state index in [1.807, 2.05) is 4.90 Å². The zero-order valence-electron chi connectivity index (χ0n) is 19.3. The first-order valence-electron chi connectivity index (χ1n) is 11.7. The minimum atomic E-state index is -4.39. The van der Waals surface area contributed by atoms with Gasteiger partial charge in [-0.15, -0.1) is 24.8 Å². The molecule has 12 heteroatoms. The zero-order chi connectivity index (χ0) is 23.6. The summed E-state index contributed by atoms with van der Waals surface area (Å²) in [5, 5.41) is 23.3. The molecule has 1 aliphatic carbocycles. The van der Waals surface area contributed by atoms with Crippen molar-refractivity contribution in [1.29, 1.82) is 0 Å². The summed E-state index contributed by atoms with van der Waals surface area (Å²) >= 11 is 0. The van der Waals surface area contributed by atoms with Crippen molar-refractivity contribution in [2.75, 3.05) is 44.2 Å². The molecule has 2 aliphatic heterocycles. The summed E-state index contributed by atoms with van der Waals surface area (Å²) in [7, 11) is 0. The second-order valence-electron chi connectivity index (χ2n) is 9.17. The number of piperazine rings is 1. The highest BCUT2D eigenvalue weighted by Gasteiger charge is 2.47. The molecule has 4 rings (SSSR count). The first kappa shape index (κ1) is 29.9. The zero-order valence-corrected chi connectivity index (χ0v) is 21.0. The van der Waals surface area contributed by atoms with Crippen molar-refractivity contribution >= 4 is 36.4 Å². The molecule has 0 unspecified atom stereocenters. The second kappa shape index (κ2) is 12.8. The normalized spacial score (nSPS) is 27.9. The largest absolute Gasteiger partial charge is 0.416 e. The number of anilines is 1. The Morgan fingerprint density at radius 1 is 1.09 bits per heavy atom. The summed E-state index contributed by atoms with van der Waals surface area (Å²) in [6.45, 7) is 1.96. The van der Waals surface area contributed by atoms with Gasteiger partial charge in [0.1, 0.15) is 12.2 Å². The molecule has 0 bridgehead atoms. The molecular weight excluding hydrogens is 510 g/mol. The highest BCUT2D eigenvalue weighted by molar-refractivity contribution is 5.85. The predicted octanol–water partition coefficient (Wildman–Crippen LogP) is 2.47. The van der Waals surface area contributed by atoms with Crippen LogP contribution in [0.15, 0.2) is 24.3 Å². The third-order valence-corrected chi connectivity index (χ3v) is 7.12. The molecule has 2 heterocycles. The summed E-state index contributed by atoms with van der Waals surface area (Å²) < 4.78 is 45.1. The Hall–Kier alpha value is -1.30. The average Bonchev–Trinajstić information content (AvgIpc) is 3.45. The van der Waals surface area contributed by atoms with Gasteiger partial charge in [-0.25, -0.2) is 0 Å². The fourth-order valence-corrected chi connectivity index (χ4v) is 5.29. The van der Waals surface area contributed by atoms with E-state index in [9.17, 15) is 28.2 Å². The minimum absolute atomic E-state index is 0. The molecule has 2 saturated heterocycles. The van der Waals surface area contributed by atoms with Gasteiger partial charge < -0.3 is 25.2 Å². The highest BCUT2D eigenvalue weighted by Crippen LogP contribution is 2.33. The van der Waals surface area contributed by atoms with Crippen molar-refractivity contribution < 1.29 is 32.9 Å². The van der Waals surface area contributed by atoms with E-state index in [1.165, 1.54) is 6.07 Å². The van der Waals surface area contributed by atoms with Crippen LogP contribution < -0.4 is 10.2 Å². The van der Waals surface area contributed by atoms with E-state index in [4.69, 9.17) is 4.74 Å². The lowest BCUT2D eigenvalue weighted by Crippen LogP contribution is -2.57. The van der Waals surface area contributed by atoms with Crippen LogP contribution in [0.4, 0.5) is 18.9 Å². The van der Waals surface area contributed by atoms with E-state index in [1.54, 1.807) is 6.07 Å². The Kier molecular flexibility index (Phi) is 10.9. The number of carbonyl (C=O) groups excluding carboxylic acids is 1. The van der Waals surface area contributed by atoms with Crippen LogP contribution in [-0.2, 0) is 15.7 Å². The molecule has 35 heavy (non-hydrogen) atoms. The Labute approximate surface area is 215 Å². The monoisotopic (exact) mass is 543 g/mol. The van der Waals surface area contributed by atoms with Crippen molar-refractivity contribution in [3.8, 4) is 0 Å². The van der Waals surface area contributed by atoms with Crippen LogP contribution in [0.3, 0.4) is 0 Å². The Balaban J connectivity index is 0.00000216. The molecule has 4 atom stereocenters. The standard InChI is InChI=1S/C23H32F3N3O4.2ClH/c24-23(25,26)16-6-3-7-17(12-16)28-8-10-29(11-9-28)20-18(33-19(14-30)21(20)31)13-27-22(32)15-4-1-2-5-15;;/h3,6-7,12,15,18-21,30-31H,1-2,4-5,8-11,13-14H2,(H,27,32);2*1H/t18-,19+,20+,21-;;/m1../s1. The van der Waals surface area contributed by atoms with Crippen LogP contribution >= 0.6 is 24.8 Å². The predicted molar refractivity (Wildman–Crippen MR) is 130 cm³/mol. The number of rotatable bonds is 6. The van der Waals surface area contributed by atoms with Gasteiger partial charge >= 0.3 is 6.18 Å². The molecule has 3 N–H and O–H groups in total. The lowest BCUT2D eigenvalue weighted by atomic mass is 10.0. The molecular formula is C23H34Cl2F3N3O4. The smallest absolute Gasteiger partial charge is 0.394 e. The lowest BCUT2D eigenvalue weighted by molar-refractivity contribution is -0.137. The summed E-state index contributed by atoms with van der Waals surface area (Å²) in [6, 6.07) is 4.89. The average molecular weight is 544 g/mol. The molecule has 3 aliphatic rings. The van der Waals surface area contributed by atoms with Gasteiger partial charge in [-0.3, -0.25) is 9.69 Å². The molecule has 7 nitrogen and oxygen atoms in total. The number of nitrogens with zero attached hydrogens (tertiary/aromatic N) is 2. The first-order chi connectivity index (χ1) is 15.8. The van der Waals surface area contributed by atoms with Crippen LogP contribution in [0.5, 0.6) is 0 Å². The summed E-state index contributed by atoms with van der Waals surface area (Å²) in [5.74, 6) is 0.0329. The fraction of sp³-hybridized carbons (Fsp3) is 0.696. The van der Waals surface area contributed by atoms with Gasteiger partial charge in [0.2, 0.25) is 5.91 Å². The molecule has 1 amide bonds. The maximum Gasteiger partial charge on any atom is 0.416 e. The summed E-state index contributed by atoms with van der Waals surface area (Å²) in [4.78, 5) is 16.4. The number of hydrogen-bond acceptors (Lipinski definition) is 6. The molecule has 1 aromatic carbocycles. The third kappa shape index (κ3) is 6.93. The maximum atomic E-state index is 13.1. The van der Waals surface area contributed by atoms with E-state index in [0.717, 1.165) is 37.8 Å². The number of halogens is 5. The van der Waals surface area contributed by atoms with Crippen LogP contribution in [0.25, 0.3) is 0 Å². The number of benzene rings is 1. The van der Waals surface area contributed by atoms with Crippen LogP contribution in [0.2, 0.25) is 0 Å². The number of alkyl halides is 3. The number of aliphatic hydroxyl groups is 2. The van der Waals surface area contributed by atoms with E-state index in [0.29, 0.717) is 31.9 Å². The Morgan fingerprint density at radius 3 is 2.34 bits per heavy atom. The van der Waals surface area contributed by atoms with Crippen LogP contribution in [0.1, 0.15) is 31.2 Å². The van der Waals surface area contributed by atoms with Gasteiger partial charge in [0.15, 0.2) is 0 Å². The van der Waals surface area contributed by atoms with Gasteiger partial charge in [-0.2, -0.15) is 13.2 Å². The SMILES string of the molecule is Cl.Cl.O=C(NC[C@H]1O[C@@H](CO)[C@@H](O)[C@H]1N1CCN(c2cccc(C(F)(F)F)c2)CC1)C1CCCC1. The molecule has 200 valence electrons. The number of aliphatic hydroxyl groups excluding tert-OH is 2. The van der Waals surface area contributed by atoms with Gasteiger partial charge in [-0.05, 0) is 31.0 Å². The first-order valence-corrected chi connectivity index (χ1v) is 11.7. The number of ether oxygens (including phenoxy) is 1. The van der Waals surface area contributed by atoms with Gasteiger partial charge in [0, 0.05) is 44.3 Å². The number of nitrogens with one attached hydrogen (secondary N) is 1. The fourth-order valence-electron chi connectivity index (χ4n) is 5.29. The molecule has 0 radical (unpaired) electrons. The van der Waals surface area contributed by atoms with Gasteiger partial charge in [0.05, 0.1) is 24.3 Å². The minimum Gasteiger partial charge on any atom is -0.394 e. The van der Waals surface area contributed by atoms with E-state index in [-0.39, 0.29) is 49.8 Å². The topological polar surface area (TPSA) is 85.3 Å². The van der Waals surface area contributed by atoms with Gasteiger partial charge in [0.25, 0.3) is 0 Å².